The first-order valence-electron chi connectivity index (χ1n) is 8.57. The third kappa shape index (κ3) is 5.58. The van der Waals surface area contributed by atoms with Crippen LogP contribution in [0.4, 0.5) is 11.5 Å². The summed E-state index contributed by atoms with van der Waals surface area (Å²) in [4.78, 5) is 28.8. The second-order valence-corrected chi connectivity index (χ2v) is 7.52. The quantitative estimate of drug-likeness (QED) is 0.766. The maximum atomic E-state index is 12.5. The number of hydrogen-bond acceptors (Lipinski definition) is 4. The summed E-state index contributed by atoms with van der Waals surface area (Å²) in [7, 11) is 0. The average molecular weight is 354 g/mol. The van der Waals surface area contributed by atoms with Crippen molar-refractivity contribution in [2.24, 2.45) is 5.41 Å². The van der Waals surface area contributed by atoms with Gasteiger partial charge in [0.2, 0.25) is 0 Å². The molecule has 1 aromatic carbocycles. The summed E-state index contributed by atoms with van der Waals surface area (Å²) in [5, 5.41) is 5.67. The monoisotopic (exact) mass is 354 g/mol. The van der Waals surface area contributed by atoms with Gasteiger partial charge in [-0.15, -0.1) is 0 Å². The molecule has 2 amide bonds. The number of nitrogens with two attached hydrogens (primary N) is 1. The predicted molar refractivity (Wildman–Crippen MR) is 104 cm³/mol. The lowest BCUT2D eigenvalue weighted by molar-refractivity contribution is 0.0949. The van der Waals surface area contributed by atoms with Crippen LogP contribution in [0.3, 0.4) is 0 Å². The fourth-order valence-corrected chi connectivity index (χ4v) is 2.34. The van der Waals surface area contributed by atoms with Crippen LogP contribution < -0.4 is 16.4 Å². The van der Waals surface area contributed by atoms with Gasteiger partial charge in [-0.05, 0) is 48.6 Å². The van der Waals surface area contributed by atoms with E-state index in [1.165, 1.54) is 6.20 Å². The number of benzene rings is 1. The van der Waals surface area contributed by atoms with E-state index in [0.29, 0.717) is 29.2 Å². The standard InChI is InChI=1S/C20H26N4O2/c1-13-5-6-14(18(25)22-10-9-20(2,3)4)11-16(13)19(26)24-15-7-8-17(21)23-12-15/h5-8,11-12H,9-10H2,1-4H3,(H2,21,23)(H,22,25)(H,24,26). The first-order valence-corrected chi connectivity index (χ1v) is 8.57. The van der Waals surface area contributed by atoms with Gasteiger partial charge in [0.1, 0.15) is 5.82 Å². The summed E-state index contributed by atoms with van der Waals surface area (Å²) in [6.45, 7) is 8.80. The molecule has 6 heteroatoms. The van der Waals surface area contributed by atoms with Gasteiger partial charge in [0.15, 0.2) is 0 Å². The number of carbonyl (C=O) groups excluding carboxylic acids is 2. The minimum atomic E-state index is -0.293. The summed E-state index contributed by atoms with van der Waals surface area (Å²) in [6, 6.07) is 8.40. The zero-order valence-corrected chi connectivity index (χ0v) is 15.7. The van der Waals surface area contributed by atoms with E-state index in [2.05, 4.69) is 36.4 Å². The highest BCUT2D eigenvalue weighted by molar-refractivity contribution is 6.07. The van der Waals surface area contributed by atoms with Crippen LogP contribution in [-0.2, 0) is 0 Å². The van der Waals surface area contributed by atoms with Gasteiger partial charge in [0.05, 0.1) is 11.9 Å². The lowest BCUT2D eigenvalue weighted by Crippen LogP contribution is -2.27. The zero-order valence-electron chi connectivity index (χ0n) is 15.7. The van der Waals surface area contributed by atoms with Gasteiger partial charge >= 0.3 is 0 Å². The molecule has 138 valence electrons. The van der Waals surface area contributed by atoms with Crippen LogP contribution in [0.25, 0.3) is 0 Å². The van der Waals surface area contributed by atoms with Gasteiger partial charge < -0.3 is 16.4 Å². The van der Waals surface area contributed by atoms with Crippen molar-refractivity contribution < 1.29 is 9.59 Å². The van der Waals surface area contributed by atoms with Crippen LogP contribution in [0, 0.1) is 12.3 Å². The Kier molecular flexibility index (Phi) is 5.97. The molecule has 0 aliphatic heterocycles. The molecular formula is C20H26N4O2. The second kappa shape index (κ2) is 7.99. The highest BCUT2D eigenvalue weighted by Crippen LogP contribution is 2.18. The van der Waals surface area contributed by atoms with Gasteiger partial charge in [-0.1, -0.05) is 26.8 Å². The normalized spacial score (nSPS) is 11.1. The van der Waals surface area contributed by atoms with Crippen molar-refractivity contribution in [2.75, 3.05) is 17.6 Å². The Labute approximate surface area is 154 Å². The number of anilines is 2. The molecule has 2 aromatic rings. The molecule has 0 bridgehead atoms. The number of pyridine rings is 1. The number of aromatic nitrogens is 1. The molecule has 0 fully saturated rings. The first-order chi connectivity index (χ1) is 12.2. The largest absolute Gasteiger partial charge is 0.384 e. The number of rotatable bonds is 5. The number of nitrogens with one attached hydrogen (secondary N) is 2. The molecule has 2 rings (SSSR count). The summed E-state index contributed by atoms with van der Waals surface area (Å²) in [5.74, 6) is -0.0935. The predicted octanol–water partition coefficient (Wildman–Crippen LogP) is 3.39. The van der Waals surface area contributed by atoms with Crippen LogP contribution in [-0.4, -0.2) is 23.3 Å². The molecule has 0 spiro atoms. The Morgan fingerprint density at radius 1 is 1.12 bits per heavy atom. The molecule has 0 atom stereocenters. The SMILES string of the molecule is Cc1ccc(C(=O)NCCC(C)(C)C)cc1C(=O)Nc1ccc(N)nc1. The van der Waals surface area contributed by atoms with Crippen LogP contribution in [0.2, 0.25) is 0 Å². The maximum Gasteiger partial charge on any atom is 0.255 e. The van der Waals surface area contributed by atoms with Crippen LogP contribution in [0.15, 0.2) is 36.5 Å². The van der Waals surface area contributed by atoms with Crippen molar-refractivity contribution >= 4 is 23.3 Å². The first kappa shape index (κ1) is 19.4. The fourth-order valence-electron chi connectivity index (χ4n) is 2.34. The van der Waals surface area contributed by atoms with Crippen molar-refractivity contribution in [2.45, 2.75) is 34.1 Å². The number of amides is 2. The van der Waals surface area contributed by atoms with Crippen LogP contribution in [0.5, 0.6) is 0 Å². The fraction of sp³-hybridized carbons (Fsp3) is 0.350. The van der Waals surface area contributed by atoms with Crippen molar-refractivity contribution in [1.29, 1.82) is 0 Å². The summed E-state index contributed by atoms with van der Waals surface area (Å²) < 4.78 is 0. The highest BCUT2D eigenvalue weighted by Gasteiger charge is 2.15. The van der Waals surface area contributed by atoms with E-state index in [0.717, 1.165) is 12.0 Å². The van der Waals surface area contributed by atoms with Crippen molar-refractivity contribution in [3.05, 3.63) is 53.2 Å². The number of nitrogen functional groups attached to an aromatic ring is 1. The second-order valence-electron chi connectivity index (χ2n) is 7.52. The molecule has 0 saturated heterocycles. The van der Waals surface area contributed by atoms with E-state index in [9.17, 15) is 9.59 Å². The number of nitrogens with zero attached hydrogens (tertiary/aromatic N) is 1. The maximum absolute atomic E-state index is 12.5. The smallest absolute Gasteiger partial charge is 0.255 e. The van der Waals surface area contributed by atoms with E-state index < -0.39 is 0 Å². The van der Waals surface area contributed by atoms with Gasteiger partial charge in [-0.3, -0.25) is 9.59 Å². The van der Waals surface area contributed by atoms with E-state index in [1.807, 2.05) is 6.92 Å². The van der Waals surface area contributed by atoms with E-state index in [-0.39, 0.29) is 17.2 Å². The molecule has 4 N–H and O–H groups in total. The molecule has 0 radical (unpaired) electrons. The Balaban J connectivity index is 2.09. The van der Waals surface area contributed by atoms with Crippen LogP contribution >= 0.6 is 0 Å². The number of hydrogen-bond donors (Lipinski definition) is 3. The van der Waals surface area contributed by atoms with Gasteiger partial charge in [-0.2, -0.15) is 0 Å². The van der Waals surface area contributed by atoms with E-state index >= 15 is 0 Å². The molecule has 0 unspecified atom stereocenters. The number of carbonyl (C=O) groups is 2. The van der Waals surface area contributed by atoms with Crippen LogP contribution in [0.1, 0.15) is 53.5 Å². The third-order valence-corrected chi connectivity index (χ3v) is 3.95. The lowest BCUT2D eigenvalue weighted by atomic mass is 9.92. The molecule has 0 aliphatic rings. The summed E-state index contributed by atoms with van der Waals surface area (Å²) in [6.07, 6.45) is 2.37. The Morgan fingerprint density at radius 3 is 2.46 bits per heavy atom. The van der Waals surface area contributed by atoms with E-state index in [1.54, 1.807) is 30.3 Å². The van der Waals surface area contributed by atoms with Crippen molar-refractivity contribution in [3.8, 4) is 0 Å². The molecule has 6 nitrogen and oxygen atoms in total. The Hall–Kier alpha value is -2.89. The minimum Gasteiger partial charge on any atom is -0.384 e. The Bertz CT molecular complexity index is 792. The van der Waals surface area contributed by atoms with Gasteiger partial charge in [-0.25, -0.2) is 4.98 Å². The topological polar surface area (TPSA) is 97.1 Å². The molecule has 0 saturated carbocycles. The molecule has 26 heavy (non-hydrogen) atoms. The van der Waals surface area contributed by atoms with E-state index in [4.69, 9.17) is 5.73 Å². The minimum absolute atomic E-state index is 0.152. The van der Waals surface area contributed by atoms with Crippen molar-refractivity contribution in [1.82, 2.24) is 10.3 Å². The number of aryl methyl sites for hydroxylation is 1. The molecule has 1 heterocycles. The zero-order chi connectivity index (χ0) is 19.3. The summed E-state index contributed by atoms with van der Waals surface area (Å²) >= 11 is 0. The highest BCUT2D eigenvalue weighted by atomic mass is 16.2. The third-order valence-electron chi connectivity index (χ3n) is 3.95. The van der Waals surface area contributed by atoms with Gasteiger partial charge in [0, 0.05) is 17.7 Å². The van der Waals surface area contributed by atoms with Gasteiger partial charge in [0.25, 0.3) is 11.8 Å². The summed E-state index contributed by atoms with van der Waals surface area (Å²) in [5.41, 5.74) is 7.94. The van der Waals surface area contributed by atoms with Crippen molar-refractivity contribution in [3.63, 3.8) is 0 Å². The Morgan fingerprint density at radius 2 is 1.85 bits per heavy atom. The lowest BCUT2D eigenvalue weighted by Gasteiger charge is -2.18. The molecule has 1 aromatic heterocycles. The average Bonchev–Trinajstić information content (AvgIpc) is 2.56. The molecule has 0 aliphatic carbocycles. The molecular weight excluding hydrogens is 328 g/mol.